The predicted molar refractivity (Wildman–Crippen MR) is 464 cm³/mol. The van der Waals surface area contributed by atoms with Crippen LogP contribution in [0.1, 0.15) is 145 Å². The molecule has 0 saturated heterocycles. The standard InChI is InChI=1S/C104H94N4O/c1-100(2,3)82-42-43-105-98(62-82)108-94-37-23-22-34-92(94)93-41-40-88(64-97(93)108)109-89-61-81(60-87(63-89)106-65-107(96-39-25-24-38-95(96)106)99-90(66-28-18-16-19-29-66)35-27-36-91(99)67-30-20-17-21-31-67)72-46-70-45-71(47-72)76-51-80(59-86(55-76)104(13,14)15)78-49-74(53-84(57-78)102(7,8)9)69-33-26-32-68(44-69)73-48-77(56-83(52-73)101(4,5)6)79-50-75(70)54-85(58-79)103(10,11)12/h16-64H,1-15H3/i16D,17D,18D,19D,20D,21D,28D,29D,30D,31D. The highest BCUT2D eigenvalue weighted by Crippen LogP contribution is 2.43. The first kappa shape index (κ1) is 59.2. The van der Waals surface area contributed by atoms with Crippen molar-refractivity contribution in [2.24, 2.45) is 0 Å². The van der Waals surface area contributed by atoms with E-state index in [-0.39, 0.29) is 55.0 Å². The molecular weight excluding hydrogens is 1320 g/mol. The number of benzene rings is 13. The van der Waals surface area contributed by atoms with Crippen LogP contribution in [0.15, 0.2) is 297 Å². The first-order chi connectivity index (χ1) is 56.2. The number of rotatable bonds is 8. The van der Waals surface area contributed by atoms with Crippen LogP contribution in [0.4, 0.5) is 0 Å². The third-order valence-corrected chi connectivity index (χ3v) is 21.6. The Bertz CT molecular complexity index is 6970. The van der Waals surface area contributed by atoms with Gasteiger partial charge in [-0.05, 0) is 250 Å². The van der Waals surface area contributed by atoms with Crippen LogP contribution >= 0.6 is 0 Å². The minimum absolute atomic E-state index is 0.130. The third-order valence-electron chi connectivity index (χ3n) is 21.6. The van der Waals surface area contributed by atoms with E-state index in [1.807, 2.05) is 53.2 Å². The maximum Gasteiger partial charge on any atom is 0.269 e. The van der Waals surface area contributed by atoms with Gasteiger partial charge in [-0.1, -0.05) is 292 Å². The highest BCUT2D eigenvalue weighted by atomic mass is 16.5. The van der Waals surface area contributed by atoms with Crippen molar-refractivity contribution in [3.63, 3.8) is 0 Å². The van der Waals surface area contributed by atoms with Crippen molar-refractivity contribution in [1.29, 1.82) is 0 Å². The van der Waals surface area contributed by atoms with Gasteiger partial charge in [-0.25, -0.2) is 4.98 Å². The average Bonchev–Trinajstić information content (AvgIpc) is 1.69. The van der Waals surface area contributed by atoms with Crippen molar-refractivity contribution in [2.75, 3.05) is 0 Å². The Morgan fingerprint density at radius 3 is 1.25 bits per heavy atom. The van der Waals surface area contributed by atoms with Gasteiger partial charge in [0, 0.05) is 23.0 Å². The molecule has 0 spiro atoms. The van der Waals surface area contributed by atoms with Gasteiger partial charge in [0.2, 0.25) is 0 Å². The van der Waals surface area contributed by atoms with E-state index in [9.17, 15) is 5.48 Å². The fourth-order valence-electron chi connectivity index (χ4n) is 15.3. The summed E-state index contributed by atoms with van der Waals surface area (Å²) in [5.74, 6) is 1.77. The van der Waals surface area contributed by atoms with Crippen molar-refractivity contribution in [2.45, 2.75) is 131 Å². The van der Waals surface area contributed by atoms with Crippen molar-refractivity contribution >= 4 is 97.5 Å². The highest BCUT2D eigenvalue weighted by Gasteiger charge is 2.25. The Labute approximate surface area is 655 Å². The first-order valence-corrected chi connectivity index (χ1v) is 37.7. The monoisotopic (exact) mass is 1420 g/mol. The molecular formula is C104H94N4O. The molecule has 0 saturated carbocycles. The number of ether oxygens (including phenoxy) is 1. The van der Waals surface area contributed by atoms with Gasteiger partial charge in [0.05, 0.1) is 47.1 Å². The van der Waals surface area contributed by atoms with E-state index in [4.69, 9.17) is 17.9 Å². The van der Waals surface area contributed by atoms with Crippen molar-refractivity contribution in [1.82, 2.24) is 14.1 Å². The number of imidazole rings is 1. The van der Waals surface area contributed by atoms with Crippen molar-refractivity contribution in [3.8, 4) is 62.1 Å². The van der Waals surface area contributed by atoms with Crippen LogP contribution in [0.25, 0.3) is 148 Å². The number of hydrogen-bond acceptors (Lipinski definition) is 2. The van der Waals surface area contributed by atoms with Crippen LogP contribution in [0.3, 0.4) is 0 Å². The topological polar surface area (TPSA) is 35.9 Å². The molecule has 0 radical (unpaired) electrons. The van der Waals surface area contributed by atoms with Gasteiger partial charge >= 0.3 is 0 Å². The lowest BCUT2D eigenvalue weighted by Crippen LogP contribution is -2.31. The fourth-order valence-corrected chi connectivity index (χ4v) is 15.3. The van der Waals surface area contributed by atoms with Gasteiger partial charge in [0.25, 0.3) is 6.33 Å². The Morgan fingerprint density at radius 1 is 0.330 bits per heavy atom. The molecule has 0 aliphatic carbocycles. The predicted octanol–water partition coefficient (Wildman–Crippen LogP) is 28.1. The second kappa shape index (κ2) is 26.5. The van der Waals surface area contributed by atoms with E-state index in [1.54, 1.807) is 22.8 Å². The van der Waals surface area contributed by atoms with E-state index >= 15 is 0 Å². The fraction of sp³-hybridized carbons (Fsp3) is 0.192. The second-order valence-electron chi connectivity index (χ2n) is 34.5. The van der Waals surface area contributed by atoms with E-state index < -0.39 is 60.4 Å². The zero-order valence-electron chi connectivity index (χ0n) is 74.7. The Hall–Kier alpha value is -11.9. The molecule has 0 atom stereocenters. The minimum atomic E-state index is -0.585. The van der Waals surface area contributed by atoms with Crippen molar-refractivity contribution in [3.05, 3.63) is 331 Å². The van der Waals surface area contributed by atoms with E-state index in [2.05, 4.69) is 285 Å². The number of hydrogen-bond donors (Lipinski definition) is 0. The maximum atomic E-state index is 9.51. The van der Waals surface area contributed by atoms with Crippen LogP contribution in [0, 0.1) is 6.33 Å². The molecule has 3 heterocycles. The lowest BCUT2D eigenvalue weighted by molar-refractivity contribution is -0.571. The molecule has 0 aliphatic heterocycles. The second-order valence-corrected chi connectivity index (χ2v) is 34.5. The summed E-state index contributed by atoms with van der Waals surface area (Å²) in [7, 11) is 0. The van der Waals surface area contributed by atoms with Crippen LogP contribution < -0.4 is 9.30 Å². The molecule has 0 unspecified atom stereocenters. The Balaban J connectivity index is 1.01. The van der Waals surface area contributed by atoms with Gasteiger partial charge in [0.1, 0.15) is 17.3 Å². The number of nitrogens with zero attached hydrogens (tertiary/aromatic N) is 4. The van der Waals surface area contributed by atoms with Gasteiger partial charge in [-0.15, -0.1) is 0 Å². The normalized spacial score (nSPS) is 13.8. The summed E-state index contributed by atoms with van der Waals surface area (Å²) < 4.78 is 105. The summed E-state index contributed by atoms with van der Waals surface area (Å²) in [6.45, 7) is 34.0. The Morgan fingerprint density at radius 2 is 0.752 bits per heavy atom. The summed E-state index contributed by atoms with van der Waals surface area (Å²) in [6.07, 6.45) is 5.59. The number of pyridine rings is 1. The summed E-state index contributed by atoms with van der Waals surface area (Å²) in [4.78, 5) is 5.03. The highest BCUT2D eigenvalue weighted by molar-refractivity contribution is 6.10. The van der Waals surface area contributed by atoms with Crippen LogP contribution in [-0.4, -0.2) is 14.1 Å². The lowest BCUT2D eigenvalue weighted by atomic mass is 9.83. The molecule has 109 heavy (non-hydrogen) atoms. The van der Waals surface area contributed by atoms with Gasteiger partial charge in [-0.2, -0.15) is 0 Å². The van der Waals surface area contributed by atoms with Gasteiger partial charge in [-0.3, -0.25) is 13.7 Å². The summed E-state index contributed by atoms with van der Waals surface area (Å²) in [5.41, 5.74) is 10.0. The average molecular weight is 1430 g/mol. The zero-order chi connectivity index (χ0) is 84.3. The number of fused-ring (bicyclic) bond motifs is 22. The zero-order valence-corrected chi connectivity index (χ0v) is 64.7. The lowest BCUT2D eigenvalue weighted by Gasteiger charge is -2.22. The molecule has 17 rings (SSSR count). The molecule has 0 aliphatic rings. The summed E-state index contributed by atoms with van der Waals surface area (Å²) >= 11 is 0. The number of aromatic nitrogens is 4. The van der Waals surface area contributed by atoms with Crippen LogP contribution in [0.2, 0.25) is 0 Å². The van der Waals surface area contributed by atoms with Crippen LogP contribution in [0.5, 0.6) is 11.5 Å². The minimum Gasteiger partial charge on any atom is -0.458 e. The molecule has 12 bridgehead atoms. The van der Waals surface area contributed by atoms with Crippen LogP contribution in [-0.2, 0) is 27.1 Å². The molecule has 14 aromatic carbocycles. The van der Waals surface area contributed by atoms with Gasteiger partial charge in [0.15, 0.2) is 0 Å². The molecule has 0 fully saturated rings. The molecule has 5 nitrogen and oxygen atoms in total. The van der Waals surface area contributed by atoms with Crippen molar-refractivity contribution < 1.29 is 23.0 Å². The van der Waals surface area contributed by atoms with E-state index in [0.29, 0.717) is 28.2 Å². The van der Waals surface area contributed by atoms with E-state index in [0.717, 1.165) is 109 Å². The Kier molecular flexibility index (Phi) is 14.4. The summed E-state index contributed by atoms with van der Waals surface area (Å²) in [5, 5.41) is 15.0. The SMILES string of the molecule is [2H]c1c([2H])c([2H])c(-c2cccc(-c3c([2H])c([2H])c([2H])c([2H])c3[2H])c2-[n+]2[c-]n(-c3cc(Oc4ccc5c6ccccc6n(-c6cc(C(C)(C)C)ccn6)c5c4)cc(-c4cc5cc(c4)c4cc(C(C)(C)C)cc(c4)c4cc(C(C)(C)C)cc(c4)c4cccc(c4)c4cc(C(C)(C)C)cc(c4)c4cc(C(C)(C)C)cc5c4)c3)c3ccccc32)c([2H])c1[2H]. The largest absolute Gasteiger partial charge is 0.458 e. The number of para-hydroxylation sites is 4. The molecule has 536 valence electrons. The molecule has 3 aromatic heterocycles. The summed E-state index contributed by atoms with van der Waals surface area (Å²) in [6, 6.07) is 76.4. The third kappa shape index (κ3) is 13.5. The molecule has 0 N–H and O–H groups in total. The maximum absolute atomic E-state index is 9.51. The molecule has 0 amide bonds. The molecule has 17 aromatic rings. The van der Waals surface area contributed by atoms with E-state index in [1.165, 1.54) is 22.3 Å². The smallest absolute Gasteiger partial charge is 0.269 e. The molecule has 5 heteroatoms. The van der Waals surface area contributed by atoms with Gasteiger partial charge < -0.3 is 4.74 Å². The first-order valence-electron chi connectivity index (χ1n) is 42.7. The quantitative estimate of drug-likeness (QED) is 0.112.